The minimum absolute atomic E-state index is 0.235. The number of aryl methyl sites for hydroxylation is 1. The summed E-state index contributed by atoms with van der Waals surface area (Å²) in [5, 5.41) is 0. The van der Waals surface area contributed by atoms with E-state index in [0.29, 0.717) is 0 Å². The third kappa shape index (κ3) is 2.60. The first-order valence-corrected chi connectivity index (χ1v) is 9.07. The molecule has 0 bridgehead atoms. The maximum absolute atomic E-state index is 6.57. The van der Waals surface area contributed by atoms with E-state index in [1.54, 1.807) is 0 Å². The standard InChI is InChI=1S/C24H24O/c1-3-19-12-10-11-13-20(19)18-23(2)24(25-23,21-14-6-4-7-15-21)22-16-8-5-9-17-22/h4-17H,3,18H2,1-2H3. The van der Waals surface area contributed by atoms with E-state index in [-0.39, 0.29) is 11.2 Å². The Bertz CT molecular complexity index is 814. The first-order chi connectivity index (χ1) is 12.2. The number of hydrogen-bond acceptors (Lipinski definition) is 1. The van der Waals surface area contributed by atoms with Crippen LogP contribution in [-0.2, 0) is 23.2 Å². The summed E-state index contributed by atoms with van der Waals surface area (Å²) in [6.45, 7) is 4.47. The van der Waals surface area contributed by atoms with Gasteiger partial charge >= 0.3 is 0 Å². The van der Waals surface area contributed by atoms with E-state index >= 15 is 0 Å². The van der Waals surface area contributed by atoms with Gasteiger partial charge < -0.3 is 4.74 Å². The van der Waals surface area contributed by atoms with Crippen LogP contribution >= 0.6 is 0 Å². The summed E-state index contributed by atoms with van der Waals surface area (Å²) in [6, 6.07) is 30.0. The van der Waals surface area contributed by atoms with Crippen LogP contribution in [0.1, 0.15) is 36.1 Å². The molecule has 1 fully saturated rings. The highest BCUT2D eigenvalue weighted by molar-refractivity contribution is 5.47. The fourth-order valence-corrected chi connectivity index (χ4v) is 4.15. The van der Waals surface area contributed by atoms with Crippen LogP contribution in [-0.4, -0.2) is 5.60 Å². The Labute approximate surface area is 150 Å². The molecule has 0 aliphatic carbocycles. The number of benzene rings is 3. The third-order valence-corrected chi connectivity index (χ3v) is 5.47. The second kappa shape index (κ2) is 6.16. The van der Waals surface area contributed by atoms with Gasteiger partial charge in [-0.15, -0.1) is 0 Å². The van der Waals surface area contributed by atoms with E-state index in [1.807, 2.05) is 0 Å². The van der Waals surface area contributed by atoms with Crippen molar-refractivity contribution < 1.29 is 4.74 Å². The number of hydrogen-bond donors (Lipinski definition) is 0. The molecule has 4 rings (SSSR count). The molecule has 1 aliphatic heterocycles. The lowest BCUT2D eigenvalue weighted by atomic mass is 9.78. The molecule has 25 heavy (non-hydrogen) atoms. The van der Waals surface area contributed by atoms with Gasteiger partial charge in [-0.05, 0) is 35.6 Å². The molecular weight excluding hydrogens is 304 g/mol. The predicted octanol–water partition coefficient (Wildman–Crippen LogP) is 5.52. The zero-order valence-electron chi connectivity index (χ0n) is 14.9. The van der Waals surface area contributed by atoms with Crippen molar-refractivity contribution in [3.8, 4) is 0 Å². The number of ether oxygens (including phenoxy) is 1. The zero-order chi connectivity index (χ0) is 17.3. The van der Waals surface area contributed by atoms with Crippen LogP contribution in [0.4, 0.5) is 0 Å². The van der Waals surface area contributed by atoms with Crippen molar-refractivity contribution >= 4 is 0 Å². The van der Waals surface area contributed by atoms with Gasteiger partial charge in [-0.2, -0.15) is 0 Å². The zero-order valence-corrected chi connectivity index (χ0v) is 14.9. The summed E-state index contributed by atoms with van der Waals surface area (Å²) in [7, 11) is 0. The van der Waals surface area contributed by atoms with Crippen molar-refractivity contribution in [2.24, 2.45) is 0 Å². The maximum atomic E-state index is 6.57. The summed E-state index contributed by atoms with van der Waals surface area (Å²) >= 11 is 0. The smallest absolute Gasteiger partial charge is 0.148 e. The minimum Gasteiger partial charge on any atom is -0.352 e. The Balaban J connectivity index is 1.78. The fraction of sp³-hybridized carbons (Fsp3) is 0.250. The fourth-order valence-electron chi connectivity index (χ4n) is 4.15. The predicted molar refractivity (Wildman–Crippen MR) is 103 cm³/mol. The quantitative estimate of drug-likeness (QED) is 0.561. The highest BCUT2D eigenvalue weighted by atomic mass is 16.6. The molecule has 0 amide bonds. The van der Waals surface area contributed by atoms with Crippen molar-refractivity contribution in [1.82, 2.24) is 0 Å². The van der Waals surface area contributed by atoms with E-state index in [4.69, 9.17) is 4.74 Å². The molecule has 1 heteroatoms. The van der Waals surface area contributed by atoms with E-state index in [1.165, 1.54) is 22.3 Å². The molecular formula is C24H24O. The molecule has 1 heterocycles. The third-order valence-electron chi connectivity index (χ3n) is 5.47. The summed E-state index contributed by atoms with van der Waals surface area (Å²) in [4.78, 5) is 0. The number of epoxide rings is 1. The van der Waals surface area contributed by atoms with Gasteiger partial charge in [-0.1, -0.05) is 91.9 Å². The van der Waals surface area contributed by atoms with Crippen molar-refractivity contribution in [3.63, 3.8) is 0 Å². The average molecular weight is 328 g/mol. The van der Waals surface area contributed by atoms with Crippen LogP contribution in [0.5, 0.6) is 0 Å². The summed E-state index contributed by atoms with van der Waals surface area (Å²) in [6.07, 6.45) is 1.97. The largest absolute Gasteiger partial charge is 0.352 e. The summed E-state index contributed by atoms with van der Waals surface area (Å²) in [5.41, 5.74) is 4.67. The monoisotopic (exact) mass is 328 g/mol. The minimum atomic E-state index is -0.365. The van der Waals surface area contributed by atoms with Crippen molar-refractivity contribution in [2.45, 2.75) is 37.9 Å². The van der Waals surface area contributed by atoms with Crippen LogP contribution in [0, 0.1) is 0 Å². The normalized spacial score (nSPS) is 21.0. The first kappa shape index (κ1) is 16.1. The van der Waals surface area contributed by atoms with E-state index in [0.717, 1.165) is 12.8 Å². The van der Waals surface area contributed by atoms with Gasteiger partial charge in [0, 0.05) is 6.42 Å². The van der Waals surface area contributed by atoms with Gasteiger partial charge in [0.05, 0.1) is 0 Å². The number of rotatable bonds is 5. The van der Waals surface area contributed by atoms with Gasteiger partial charge in [-0.3, -0.25) is 0 Å². The molecule has 1 nitrogen and oxygen atoms in total. The van der Waals surface area contributed by atoms with Gasteiger partial charge in [0.15, 0.2) is 0 Å². The summed E-state index contributed by atoms with van der Waals surface area (Å²) < 4.78 is 6.57. The molecule has 0 saturated carbocycles. The van der Waals surface area contributed by atoms with Crippen molar-refractivity contribution in [1.29, 1.82) is 0 Å². The topological polar surface area (TPSA) is 12.5 Å². The maximum Gasteiger partial charge on any atom is 0.148 e. The molecule has 1 unspecified atom stereocenters. The van der Waals surface area contributed by atoms with Crippen molar-refractivity contribution in [2.75, 3.05) is 0 Å². The Morgan fingerprint density at radius 1 is 0.680 bits per heavy atom. The average Bonchev–Trinajstić information content (AvgIpc) is 3.30. The van der Waals surface area contributed by atoms with E-state index < -0.39 is 0 Å². The van der Waals surface area contributed by atoms with Gasteiger partial charge in [0.1, 0.15) is 11.2 Å². The van der Waals surface area contributed by atoms with E-state index in [9.17, 15) is 0 Å². The Morgan fingerprint density at radius 2 is 1.16 bits per heavy atom. The lowest BCUT2D eigenvalue weighted by Gasteiger charge is -2.19. The second-order valence-electron chi connectivity index (χ2n) is 7.05. The SMILES string of the molecule is CCc1ccccc1CC1(C)OC1(c1ccccc1)c1ccccc1. The summed E-state index contributed by atoms with van der Waals surface area (Å²) in [5.74, 6) is 0. The van der Waals surface area contributed by atoms with Crippen molar-refractivity contribution in [3.05, 3.63) is 107 Å². The first-order valence-electron chi connectivity index (χ1n) is 9.07. The van der Waals surface area contributed by atoms with Gasteiger partial charge in [0.2, 0.25) is 0 Å². The molecule has 1 atom stereocenters. The lowest BCUT2D eigenvalue weighted by molar-refractivity contribution is 0.286. The van der Waals surface area contributed by atoms with Crippen LogP contribution < -0.4 is 0 Å². The molecule has 3 aromatic carbocycles. The Morgan fingerprint density at radius 3 is 1.68 bits per heavy atom. The lowest BCUT2D eigenvalue weighted by Crippen LogP contribution is -2.25. The van der Waals surface area contributed by atoms with Gasteiger partial charge in [0.25, 0.3) is 0 Å². The molecule has 0 N–H and O–H groups in total. The molecule has 126 valence electrons. The Hall–Kier alpha value is -2.38. The molecule has 0 spiro atoms. The molecule has 1 saturated heterocycles. The van der Waals surface area contributed by atoms with Gasteiger partial charge in [-0.25, -0.2) is 0 Å². The molecule has 3 aromatic rings. The second-order valence-corrected chi connectivity index (χ2v) is 7.05. The molecule has 0 radical (unpaired) electrons. The van der Waals surface area contributed by atoms with E-state index in [2.05, 4.69) is 98.8 Å². The van der Waals surface area contributed by atoms with Crippen LogP contribution in [0.2, 0.25) is 0 Å². The Kier molecular flexibility index (Phi) is 3.97. The van der Waals surface area contributed by atoms with Crippen LogP contribution in [0.15, 0.2) is 84.9 Å². The highest BCUT2D eigenvalue weighted by Crippen LogP contribution is 2.61. The molecule has 0 aromatic heterocycles. The molecule has 1 aliphatic rings. The van der Waals surface area contributed by atoms with Crippen LogP contribution in [0.3, 0.4) is 0 Å². The highest BCUT2D eigenvalue weighted by Gasteiger charge is 2.68. The van der Waals surface area contributed by atoms with Crippen LogP contribution in [0.25, 0.3) is 0 Å².